The normalized spacial score (nSPS) is 10.5. The van der Waals surface area contributed by atoms with Gasteiger partial charge in [0.15, 0.2) is 5.82 Å². The fraction of sp³-hybridized carbons (Fsp3) is 0.188. The zero-order valence-corrected chi connectivity index (χ0v) is 11.9. The van der Waals surface area contributed by atoms with Crippen LogP contribution in [-0.2, 0) is 13.5 Å². The fourth-order valence-corrected chi connectivity index (χ4v) is 2.25. The third-order valence-corrected chi connectivity index (χ3v) is 3.43. The van der Waals surface area contributed by atoms with E-state index in [-0.39, 0.29) is 0 Å². The molecule has 0 N–H and O–H groups in total. The molecule has 0 aliphatic heterocycles. The highest BCUT2D eigenvalue weighted by Crippen LogP contribution is 2.20. The standard InChI is InChI=1S/C16H14N4O/c1-11-5-3-4-6-13(11)8-15-18-16(21-19-15)14-7-12(9-17)10-20(14)2/h3-7,10H,8H2,1-2H3. The first-order valence-corrected chi connectivity index (χ1v) is 6.61. The van der Waals surface area contributed by atoms with Crippen LogP contribution in [0.15, 0.2) is 41.1 Å². The number of rotatable bonds is 3. The Labute approximate surface area is 122 Å². The molecule has 0 aliphatic rings. The molecule has 0 atom stereocenters. The third-order valence-electron chi connectivity index (χ3n) is 3.43. The summed E-state index contributed by atoms with van der Waals surface area (Å²) < 4.78 is 7.12. The molecular formula is C16H14N4O. The second-order valence-corrected chi connectivity index (χ2v) is 4.96. The molecule has 21 heavy (non-hydrogen) atoms. The highest BCUT2D eigenvalue weighted by Gasteiger charge is 2.14. The van der Waals surface area contributed by atoms with Gasteiger partial charge in [-0.2, -0.15) is 10.2 Å². The molecular weight excluding hydrogens is 264 g/mol. The quantitative estimate of drug-likeness (QED) is 0.738. The minimum atomic E-state index is 0.433. The number of nitriles is 1. The number of aromatic nitrogens is 3. The molecule has 5 nitrogen and oxygen atoms in total. The molecule has 2 aromatic heterocycles. The molecule has 104 valence electrons. The SMILES string of the molecule is Cc1ccccc1Cc1noc(-c2cc(C#N)cn2C)n1. The zero-order chi connectivity index (χ0) is 14.8. The Morgan fingerprint density at radius 1 is 1.33 bits per heavy atom. The van der Waals surface area contributed by atoms with Gasteiger partial charge in [-0.1, -0.05) is 29.4 Å². The Balaban J connectivity index is 1.88. The molecule has 5 heteroatoms. The van der Waals surface area contributed by atoms with Crippen molar-refractivity contribution in [1.82, 2.24) is 14.7 Å². The van der Waals surface area contributed by atoms with E-state index in [1.54, 1.807) is 12.3 Å². The first-order chi connectivity index (χ1) is 10.2. The van der Waals surface area contributed by atoms with Gasteiger partial charge >= 0.3 is 0 Å². The van der Waals surface area contributed by atoms with Crippen molar-refractivity contribution in [3.8, 4) is 17.7 Å². The monoisotopic (exact) mass is 278 g/mol. The molecule has 0 radical (unpaired) electrons. The van der Waals surface area contributed by atoms with Gasteiger partial charge in [0, 0.05) is 19.7 Å². The summed E-state index contributed by atoms with van der Waals surface area (Å²) in [4.78, 5) is 4.42. The molecule has 0 fully saturated rings. The molecule has 3 aromatic rings. The second kappa shape index (κ2) is 5.25. The van der Waals surface area contributed by atoms with Crippen molar-refractivity contribution in [2.45, 2.75) is 13.3 Å². The average molecular weight is 278 g/mol. The summed E-state index contributed by atoms with van der Waals surface area (Å²) in [6.07, 6.45) is 2.37. The lowest BCUT2D eigenvalue weighted by atomic mass is 10.1. The van der Waals surface area contributed by atoms with E-state index >= 15 is 0 Å². The Morgan fingerprint density at radius 2 is 2.14 bits per heavy atom. The third kappa shape index (κ3) is 2.56. The Morgan fingerprint density at radius 3 is 2.86 bits per heavy atom. The predicted octanol–water partition coefficient (Wildman–Crippen LogP) is 2.85. The van der Waals surface area contributed by atoms with E-state index in [1.165, 1.54) is 11.1 Å². The topological polar surface area (TPSA) is 67.6 Å². The molecule has 0 bridgehead atoms. The number of nitrogens with zero attached hydrogens (tertiary/aromatic N) is 4. The highest BCUT2D eigenvalue weighted by molar-refractivity contribution is 5.52. The summed E-state index contributed by atoms with van der Waals surface area (Å²) in [6, 6.07) is 12.0. The van der Waals surface area contributed by atoms with Crippen LogP contribution in [0.4, 0.5) is 0 Å². The van der Waals surface area contributed by atoms with E-state index in [0.29, 0.717) is 23.7 Å². The van der Waals surface area contributed by atoms with Gasteiger partial charge in [-0.3, -0.25) is 0 Å². The average Bonchev–Trinajstić information content (AvgIpc) is 3.07. The van der Waals surface area contributed by atoms with Crippen LogP contribution < -0.4 is 0 Å². The van der Waals surface area contributed by atoms with Crippen LogP contribution in [0, 0.1) is 18.3 Å². The molecule has 0 aliphatic carbocycles. The number of hydrogen-bond donors (Lipinski definition) is 0. The van der Waals surface area contributed by atoms with Crippen LogP contribution in [-0.4, -0.2) is 14.7 Å². The van der Waals surface area contributed by atoms with Gasteiger partial charge in [0.25, 0.3) is 5.89 Å². The maximum absolute atomic E-state index is 8.92. The van der Waals surface area contributed by atoms with Gasteiger partial charge in [0.2, 0.25) is 0 Å². The van der Waals surface area contributed by atoms with Crippen molar-refractivity contribution < 1.29 is 4.52 Å². The molecule has 0 saturated carbocycles. The van der Waals surface area contributed by atoms with E-state index < -0.39 is 0 Å². The number of aryl methyl sites for hydroxylation is 2. The van der Waals surface area contributed by atoms with Gasteiger partial charge in [0.05, 0.1) is 5.56 Å². The highest BCUT2D eigenvalue weighted by atomic mass is 16.5. The van der Waals surface area contributed by atoms with Crippen molar-refractivity contribution in [3.05, 3.63) is 59.0 Å². The minimum absolute atomic E-state index is 0.433. The second-order valence-electron chi connectivity index (χ2n) is 4.96. The Kier molecular flexibility index (Phi) is 3.28. The van der Waals surface area contributed by atoms with Crippen molar-refractivity contribution in [3.63, 3.8) is 0 Å². The lowest BCUT2D eigenvalue weighted by molar-refractivity contribution is 0.421. The lowest BCUT2D eigenvalue weighted by Gasteiger charge is -2.00. The molecule has 3 rings (SSSR count). The van der Waals surface area contributed by atoms with Gasteiger partial charge in [-0.15, -0.1) is 0 Å². The molecule has 0 amide bonds. The van der Waals surface area contributed by atoms with Gasteiger partial charge in [-0.25, -0.2) is 0 Å². The van der Waals surface area contributed by atoms with Crippen molar-refractivity contribution in [2.24, 2.45) is 7.05 Å². The number of hydrogen-bond acceptors (Lipinski definition) is 4. The maximum Gasteiger partial charge on any atom is 0.274 e. The van der Waals surface area contributed by atoms with E-state index in [0.717, 1.165) is 5.69 Å². The zero-order valence-electron chi connectivity index (χ0n) is 11.9. The first kappa shape index (κ1) is 13.1. The van der Waals surface area contributed by atoms with Gasteiger partial charge in [0.1, 0.15) is 11.8 Å². The Hall–Kier alpha value is -2.87. The molecule has 0 saturated heterocycles. The minimum Gasteiger partial charge on any atom is -0.345 e. The van der Waals surface area contributed by atoms with Gasteiger partial charge in [-0.05, 0) is 24.1 Å². The molecule has 1 aromatic carbocycles. The van der Waals surface area contributed by atoms with Crippen LogP contribution >= 0.6 is 0 Å². The predicted molar refractivity (Wildman–Crippen MR) is 77.4 cm³/mol. The fourth-order valence-electron chi connectivity index (χ4n) is 2.25. The molecule has 0 spiro atoms. The molecule has 0 unspecified atom stereocenters. The number of benzene rings is 1. The first-order valence-electron chi connectivity index (χ1n) is 6.61. The van der Waals surface area contributed by atoms with Crippen molar-refractivity contribution >= 4 is 0 Å². The summed E-state index contributed by atoms with van der Waals surface area (Å²) in [5, 5.41) is 12.9. The van der Waals surface area contributed by atoms with Gasteiger partial charge < -0.3 is 9.09 Å². The van der Waals surface area contributed by atoms with Crippen molar-refractivity contribution in [2.75, 3.05) is 0 Å². The van der Waals surface area contributed by atoms with Crippen LogP contribution in [0.1, 0.15) is 22.5 Å². The van der Waals surface area contributed by atoms with Crippen LogP contribution in [0.2, 0.25) is 0 Å². The van der Waals surface area contributed by atoms with Crippen LogP contribution in [0.25, 0.3) is 11.6 Å². The summed E-state index contributed by atoms with van der Waals surface area (Å²) in [5.74, 6) is 1.07. The van der Waals surface area contributed by atoms with E-state index in [1.807, 2.05) is 23.7 Å². The van der Waals surface area contributed by atoms with E-state index in [4.69, 9.17) is 9.78 Å². The largest absolute Gasteiger partial charge is 0.345 e. The van der Waals surface area contributed by atoms with E-state index in [9.17, 15) is 0 Å². The summed E-state index contributed by atoms with van der Waals surface area (Å²) in [7, 11) is 1.85. The van der Waals surface area contributed by atoms with E-state index in [2.05, 4.69) is 35.3 Å². The van der Waals surface area contributed by atoms with Crippen molar-refractivity contribution in [1.29, 1.82) is 5.26 Å². The summed E-state index contributed by atoms with van der Waals surface area (Å²) in [5.41, 5.74) is 3.70. The smallest absolute Gasteiger partial charge is 0.274 e. The Bertz CT molecular complexity index is 823. The maximum atomic E-state index is 8.92. The summed E-state index contributed by atoms with van der Waals surface area (Å²) >= 11 is 0. The molecule has 2 heterocycles. The lowest BCUT2D eigenvalue weighted by Crippen LogP contribution is -1.94. The summed E-state index contributed by atoms with van der Waals surface area (Å²) in [6.45, 7) is 2.06. The van der Waals surface area contributed by atoms with Crippen LogP contribution in [0.5, 0.6) is 0 Å². The van der Waals surface area contributed by atoms with Crippen LogP contribution in [0.3, 0.4) is 0 Å².